The van der Waals surface area contributed by atoms with Gasteiger partial charge < -0.3 is 20.9 Å². The third-order valence-corrected chi connectivity index (χ3v) is 5.52. The van der Waals surface area contributed by atoms with Crippen LogP contribution in [0.15, 0.2) is 52.9 Å². The molecule has 1 fully saturated rings. The second kappa shape index (κ2) is 7.85. The highest BCUT2D eigenvalue weighted by molar-refractivity contribution is 6.36. The number of pyridine rings is 1. The molecule has 4 rings (SSSR count). The van der Waals surface area contributed by atoms with E-state index in [2.05, 4.69) is 27.1 Å². The Labute approximate surface area is 175 Å². The Morgan fingerprint density at radius 3 is 2.59 bits per heavy atom. The van der Waals surface area contributed by atoms with Crippen molar-refractivity contribution >= 4 is 34.7 Å². The SMILES string of the molecule is C/C(N)=C1\N=C(c2ccccc2Cl)c2cc(N3CCN(C)CC3)ncc2NC1=N. The highest BCUT2D eigenvalue weighted by Gasteiger charge is 2.24. The zero-order valence-electron chi connectivity index (χ0n) is 16.5. The van der Waals surface area contributed by atoms with Crippen molar-refractivity contribution in [2.24, 2.45) is 10.7 Å². The molecule has 7 nitrogen and oxygen atoms in total. The minimum absolute atomic E-state index is 0.141. The number of aromatic nitrogens is 1. The summed E-state index contributed by atoms with van der Waals surface area (Å²) >= 11 is 6.51. The van der Waals surface area contributed by atoms with Gasteiger partial charge in [0.05, 0.1) is 17.6 Å². The topological polar surface area (TPSA) is 93.6 Å². The predicted octanol–water partition coefficient (Wildman–Crippen LogP) is 2.92. The van der Waals surface area contributed by atoms with Crippen molar-refractivity contribution in [2.45, 2.75) is 6.92 Å². The molecule has 0 aliphatic carbocycles. The Kier molecular flexibility index (Phi) is 5.25. The molecule has 0 radical (unpaired) electrons. The van der Waals surface area contributed by atoms with E-state index < -0.39 is 0 Å². The maximum Gasteiger partial charge on any atom is 0.150 e. The zero-order valence-corrected chi connectivity index (χ0v) is 17.3. The second-order valence-corrected chi connectivity index (χ2v) is 7.76. The summed E-state index contributed by atoms with van der Waals surface area (Å²) in [4.78, 5) is 14.0. The van der Waals surface area contributed by atoms with Gasteiger partial charge in [-0.3, -0.25) is 5.41 Å². The maximum atomic E-state index is 8.39. The van der Waals surface area contributed by atoms with Crippen LogP contribution in [0.1, 0.15) is 18.1 Å². The molecule has 0 amide bonds. The van der Waals surface area contributed by atoms with E-state index >= 15 is 0 Å². The zero-order chi connectivity index (χ0) is 20.5. The fraction of sp³-hybridized carbons (Fsp3) is 0.286. The molecule has 29 heavy (non-hydrogen) atoms. The molecular weight excluding hydrogens is 386 g/mol. The Morgan fingerprint density at radius 1 is 1.17 bits per heavy atom. The normalized spacial score (nSPS) is 19.2. The molecule has 0 saturated carbocycles. The molecule has 0 unspecified atom stereocenters. The van der Waals surface area contributed by atoms with Gasteiger partial charge in [-0.25, -0.2) is 9.98 Å². The van der Waals surface area contributed by atoms with E-state index in [0.29, 0.717) is 27.8 Å². The third-order valence-electron chi connectivity index (χ3n) is 5.19. The Morgan fingerprint density at radius 2 is 1.90 bits per heavy atom. The Balaban J connectivity index is 1.87. The maximum absolute atomic E-state index is 8.39. The Bertz CT molecular complexity index is 1020. The molecule has 2 aliphatic heterocycles. The number of rotatable bonds is 2. The van der Waals surface area contributed by atoms with Crippen molar-refractivity contribution in [3.8, 4) is 0 Å². The van der Waals surface area contributed by atoms with Gasteiger partial charge in [0, 0.05) is 48.0 Å². The lowest BCUT2D eigenvalue weighted by atomic mass is 10.0. The van der Waals surface area contributed by atoms with Crippen LogP contribution < -0.4 is 16.0 Å². The van der Waals surface area contributed by atoms with Crippen LogP contribution >= 0.6 is 11.6 Å². The summed E-state index contributed by atoms with van der Waals surface area (Å²) in [5.41, 5.74) is 9.93. The number of benzene rings is 1. The van der Waals surface area contributed by atoms with Crippen molar-refractivity contribution < 1.29 is 0 Å². The van der Waals surface area contributed by atoms with Crippen LogP contribution in [0.5, 0.6) is 0 Å². The first-order valence-corrected chi connectivity index (χ1v) is 9.91. The van der Waals surface area contributed by atoms with Crippen LogP contribution in [0.4, 0.5) is 11.5 Å². The third kappa shape index (κ3) is 3.83. The smallest absolute Gasteiger partial charge is 0.150 e. The minimum Gasteiger partial charge on any atom is -0.400 e. The molecule has 1 saturated heterocycles. The standard InChI is InChI=1S/C21H24ClN7/c1-13(23)19-21(24)26-17-12-25-18(29-9-7-28(2)8-10-29)11-15(17)20(27-19)14-5-3-4-6-16(14)22/h3-6,11-12H,7-10,23H2,1-2H3,(H2,24,26)/b19-13+. The molecule has 2 aromatic rings. The molecule has 0 atom stereocenters. The highest BCUT2D eigenvalue weighted by atomic mass is 35.5. The summed E-state index contributed by atoms with van der Waals surface area (Å²) in [5, 5.41) is 12.1. The number of piperazine rings is 1. The minimum atomic E-state index is 0.141. The van der Waals surface area contributed by atoms with Gasteiger partial charge in [0.15, 0.2) is 5.84 Å². The monoisotopic (exact) mass is 409 g/mol. The number of anilines is 2. The number of likely N-dealkylation sites (N-methyl/N-ethyl adjacent to an activating group) is 1. The molecule has 0 spiro atoms. The average Bonchev–Trinajstić information content (AvgIpc) is 2.84. The number of amidine groups is 1. The molecule has 1 aromatic heterocycles. The molecule has 4 N–H and O–H groups in total. The number of aliphatic imine (C=N–C) groups is 1. The number of nitrogens with two attached hydrogens (primary N) is 1. The van der Waals surface area contributed by atoms with Gasteiger partial charge in [0.1, 0.15) is 11.5 Å². The number of halogens is 1. The van der Waals surface area contributed by atoms with Crippen LogP contribution in [-0.2, 0) is 0 Å². The summed E-state index contributed by atoms with van der Waals surface area (Å²) < 4.78 is 0. The van der Waals surface area contributed by atoms with E-state index in [1.807, 2.05) is 30.3 Å². The van der Waals surface area contributed by atoms with Crippen LogP contribution in [0.3, 0.4) is 0 Å². The first-order valence-electron chi connectivity index (χ1n) is 9.54. The molecule has 1 aromatic carbocycles. The highest BCUT2D eigenvalue weighted by Crippen LogP contribution is 2.31. The molecule has 8 heteroatoms. The lowest BCUT2D eigenvalue weighted by Gasteiger charge is -2.33. The van der Waals surface area contributed by atoms with Crippen molar-refractivity contribution in [2.75, 3.05) is 43.4 Å². The lowest BCUT2D eigenvalue weighted by Crippen LogP contribution is -2.44. The lowest BCUT2D eigenvalue weighted by molar-refractivity contribution is 0.312. The quantitative estimate of drug-likeness (QED) is 0.709. The van der Waals surface area contributed by atoms with E-state index in [4.69, 9.17) is 27.7 Å². The average molecular weight is 410 g/mol. The predicted molar refractivity (Wildman–Crippen MR) is 119 cm³/mol. The molecule has 150 valence electrons. The number of nitrogens with zero attached hydrogens (tertiary/aromatic N) is 4. The summed E-state index contributed by atoms with van der Waals surface area (Å²) in [6, 6.07) is 9.60. The van der Waals surface area contributed by atoms with Crippen LogP contribution in [0.2, 0.25) is 5.02 Å². The van der Waals surface area contributed by atoms with Crippen molar-refractivity contribution in [3.63, 3.8) is 0 Å². The molecule has 0 bridgehead atoms. The molecular formula is C21H24ClN7. The Hall–Kier alpha value is -2.90. The van der Waals surface area contributed by atoms with Crippen LogP contribution in [0.25, 0.3) is 0 Å². The summed E-state index contributed by atoms with van der Waals surface area (Å²) in [6.07, 6.45) is 1.76. The van der Waals surface area contributed by atoms with Gasteiger partial charge in [-0.1, -0.05) is 29.8 Å². The van der Waals surface area contributed by atoms with Crippen molar-refractivity contribution in [1.29, 1.82) is 5.41 Å². The van der Waals surface area contributed by atoms with E-state index in [1.165, 1.54) is 0 Å². The van der Waals surface area contributed by atoms with Crippen LogP contribution in [0, 0.1) is 5.41 Å². The van der Waals surface area contributed by atoms with Gasteiger partial charge in [0.2, 0.25) is 0 Å². The van der Waals surface area contributed by atoms with E-state index in [-0.39, 0.29) is 5.84 Å². The summed E-state index contributed by atoms with van der Waals surface area (Å²) in [5.74, 6) is 1.03. The van der Waals surface area contributed by atoms with Crippen molar-refractivity contribution in [1.82, 2.24) is 9.88 Å². The van der Waals surface area contributed by atoms with Crippen LogP contribution in [-0.4, -0.2) is 54.7 Å². The second-order valence-electron chi connectivity index (χ2n) is 7.35. The fourth-order valence-corrected chi connectivity index (χ4v) is 3.74. The summed E-state index contributed by atoms with van der Waals surface area (Å²) in [7, 11) is 2.13. The largest absolute Gasteiger partial charge is 0.400 e. The number of nitrogens with one attached hydrogen (secondary N) is 2. The first kappa shape index (κ1) is 19.4. The first-order chi connectivity index (χ1) is 13.9. The molecule has 3 heterocycles. The number of allylic oxidation sites excluding steroid dienone is 1. The number of hydrogen-bond acceptors (Lipinski definition) is 6. The van der Waals surface area contributed by atoms with E-state index in [1.54, 1.807) is 13.1 Å². The van der Waals surface area contributed by atoms with Gasteiger partial charge in [-0.15, -0.1) is 0 Å². The van der Waals surface area contributed by atoms with E-state index in [0.717, 1.165) is 43.1 Å². The molecule has 2 aliphatic rings. The van der Waals surface area contributed by atoms with Gasteiger partial charge >= 0.3 is 0 Å². The summed E-state index contributed by atoms with van der Waals surface area (Å²) in [6.45, 7) is 5.55. The number of fused-ring (bicyclic) bond motifs is 1. The number of hydrogen-bond donors (Lipinski definition) is 3. The van der Waals surface area contributed by atoms with E-state index in [9.17, 15) is 0 Å². The van der Waals surface area contributed by atoms with Gasteiger partial charge in [-0.05, 0) is 26.1 Å². The fourth-order valence-electron chi connectivity index (χ4n) is 3.51. The van der Waals surface area contributed by atoms with Gasteiger partial charge in [-0.2, -0.15) is 0 Å². The van der Waals surface area contributed by atoms with Crippen molar-refractivity contribution in [3.05, 3.63) is 64.1 Å². The van der Waals surface area contributed by atoms with Gasteiger partial charge in [0.25, 0.3) is 0 Å².